The van der Waals surface area contributed by atoms with Gasteiger partial charge in [0.15, 0.2) is 11.5 Å². The van der Waals surface area contributed by atoms with E-state index in [1.165, 1.54) is 6.07 Å². The molecular weight excluding hydrogens is 393 g/mol. The zero-order valence-corrected chi connectivity index (χ0v) is 16.3. The number of halogens is 2. The van der Waals surface area contributed by atoms with Gasteiger partial charge in [0, 0.05) is 18.0 Å². The highest BCUT2D eigenvalue weighted by Crippen LogP contribution is 2.39. The molecule has 1 aliphatic heterocycles. The van der Waals surface area contributed by atoms with Crippen LogP contribution >= 0.6 is 11.6 Å². The van der Waals surface area contributed by atoms with Crippen LogP contribution in [-0.4, -0.2) is 22.6 Å². The molecule has 2 aromatic carbocycles. The fourth-order valence-corrected chi connectivity index (χ4v) is 3.67. The van der Waals surface area contributed by atoms with E-state index in [1.807, 2.05) is 47.9 Å². The molecule has 29 heavy (non-hydrogen) atoms. The van der Waals surface area contributed by atoms with E-state index in [9.17, 15) is 4.39 Å². The van der Waals surface area contributed by atoms with Crippen LogP contribution in [0.25, 0.3) is 16.9 Å². The van der Waals surface area contributed by atoms with Gasteiger partial charge >= 0.3 is 0 Å². The first-order chi connectivity index (χ1) is 14.1. The molecule has 0 spiro atoms. The third-order valence-corrected chi connectivity index (χ3v) is 5.10. The van der Waals surface area contributed by atoms with Crippen molar-refractivity contribution in [2.75, 3.05) is 18.5 Å². The van der Waals surface area contributed by atoms with Crippen molar-refractivity contribution in [3.8, 4) is 22.8 Å². The van der Waals surface area contributed by atoms with Crippen LogP contribution in [0, 0.1) is 12.7 Å². The van der Waals surface area contributed by atoms with Crippen LogP contribution in [0.4, 0.5) is 15.9 Å². The monoisotopic (exact) mass is 409 g/mol. The maximum Gasteiger partial charge on any atom is 0.163 e. The highest BCUT2D eigenvalue weighted by atomic mass is 35.5. The first kappa shape index (κ1) is 17.8. The zero-order valence-electron chi connectivity index (χ0n) is 15.6. The van der Waals surface area contributed by atoms with Crippen molar-refractivity contribution >= 4 is 28.8 Å². The molecule has 0 unspecified atom stereocenters. The van der Waals surface area contributed by atoms with Gasteiger partial charge in [-0.1, -0.05) is 17.7 Å². The number of benzene rings is 2. The molecule has 0 saturated carbocycles. The van der Waals surface area contributed by atoms with E-state index < -0.39 is 5.82 Å². The van der Waals surface area contributed by atoms with Crippen LogP contribution < -0.4 is 14.8 Å². The van der Waals surface area contributed by atoms with E-state index in [2.05, 4.69) is 10.3 Å². The first-order valence-corrected chi connectivity index (χ1v) is 9.58. The van der Waals surface area contributed by atoms with Gasteiger partial charge in [0.2, 0.25) is 0 Å². The van der Waals surface area contributed by atoms with Crippen LogP contribution in [-0.2, 0) is 0 Å². The molecule has 0 amide bonds. The largest absolute Gasteiger partial charge is 0.486 e. The Hall–Kier alpha value is -3.25. The van der Waals surface area contributed by atoms with Crippen LogP contribution in [0.1, 0.15) is 5.56 Å². The number of hydrogen-bond donors (Lipinski definition) is 1. The summed E-state index contributed by atoms with van der Waals surface area (Å²) in [6.07, 6.45) is 1.90. The fourth-order valence-electron chi connectivity index (χ4n) is 3.42. The van der Waals surface area contributed by atoms with E-state index >= 15 is 0 Å². The lowest BCUT2D eigenvalue weighted by Gasteiger charge is -2.19. The molecular formula is C22H17ClFN3O2. The van der Waals surface area contributed by atoms with Crippen molar-refractivity contribution in [1.29, 1.82) is 0 Å². The van der Waals surface area contributed by atoms with Gasteiger partial charge in [0.05, 0.1) is 10.6 Å². The highest BCUT2D eigenvalue weighted by Gasteiger charge is 2.21. The summed E-state index contributed by atoms with van der Waals surface area (Å²) in [6.45, 7) is 3.02. The zero-order chi connectivity index (χ0) is 20.0. The standard InChI is InChI=1S/C22H17ClFN3O2/c1-13-7-8-27-19(11-13)26-21(20-15(23)3-2-4-16(20)24)22(27)25-14-5-6-17-18(12-14)29-10-9-28-17/h2-8,11-12,25H,9-10H2,1H3. The maximum atomic E-state index is 14.7. The van der Waals surface area contributed by atoms with Crippen molar-refractivity contribution in [3.63, 3.8) is 0 Å². The second-order valence-corrected chi connectivity index (χ2v) is 7.23. The molecule has 1 aliphatic rings. The Balaban J connectivity index is 1.68. The summed E-state index contributed by atoms with van der Waals surface area (Å²) < 4.78 is 27.8. The number of aromatic nitrogens is 2. The summed E-state index contributed by atoms with van der Waals surface area (Å²) in [6, 6.07) is 14.1. The van der Waals surface area contributed by atoms with Crippen LogP contribution in [0.15, 0.2) is 54.7 Å². The Bertz CT molecular complexity index is 1220. The summed E-state index contributed by atoms with van der Waals surface area (Å²) in [5, 5.41) is 3.66. The SMILES string of the molecule is Cc1ccn2c(Nc3ccc4c(c3)OCCO4)c(-c3c(F)cccc3Cl)nc2c1. The lowest BCUT2D eigenvalue weighted by Crippen LogP contribution is -2.15. The Morgan fingerprint density at radius 3 is 2.72 bits per heavy atom. The lowest BCUT2D eigenvalue weighted by molar-refractivity contribution is 0.171. The molecule has 0 radical (unpaired) electrons. The molecule has 1 N–H and O–H groups in total. The summed E-state index contributed by atoms with van der Waals surface area (Å²) in [5.41, 5.74) is 3.22. The molecule has 4 aromatic rings. The molecule has 5 rings (SSSR count). The molecule has 5 nitrogen and oxygen atoms in total. The minimum Gasteiger partial charge on any atom is -0.486 e. The molecule has 0 atom stereocenters. The average molecular weight is 410 g/mol. The van der Waals surface area contributed by atoms with Gasteiger partial charge < -0.3 is 14.8 Å². The van der Waals surface area contributed by atoms with Crippen molar-refractivity contribution in [2.45, 2.75) is 6.92 Å². The van der Waals surface area contributed by atoms with Gasteiger partial charge in [-0.25, -0.2) is 9.37 Å². The predicted molar refractivity (Wildman–Crippen MR) is 111 cm³/mol. The van der Waals surface area contributed by atoms with Crippen molar-refractivity contribution < 1.29 is 13.9 Å². The number of imidazole rings is 1. The quantitative estimate of drug-likeness (QED) is 0.477. The lowest BCUT2D eigenvalue weighted by atomic mass is 10.1. The molecule has 146 valence electrons. The third-order valence-electron chi connectivity index (χ3n) is 4.79. The Morgan fingerprint density at radius 2 is 1.90 bits per heavy atom. The van der Waals surface area contributed by atoms with Gasteiger partial charge in [0.25, 0.3) is 0 Å². The highest BCUT2D eigenvalue weighted by molar-refractivity contribution is 6.33. The Kier molecular flexibility index (Phi) is 4.28. The number of pyridine rings is 1. The number of anilines is 2. The molecule has 0 bridgehead atoms. The topological polar surface area (TPSA) is 47.8 Å². The van der Waals surface area contributed by atoms with Gasteiger partial charge in [-0.05, 0) is 48.9 Å². The second-order valence-electron chi connectivity index (χ2n) is 6.82. The van der Waals surface area contributed by atoms with Crippen LogP contribution in [0.2, 0.25) is 5.02 Å². The minimum absolute atomic E-state index is 0.260. The van der Waals surface area contributed by atoms with Gasteiger partial charge in [-0.3, -0.25) is 4.40 Å². The normalized spacial score (nSPS) is 12.9. The van der Waals surface area contributed by atoms with Crippen molar-refractivity contribution in [3.05, 3.63) is 71.1 Å². The maximum absolute atomic E-state index is 14.7. The first-order valence-electron chi connectivity index (χ1n) is 9.20. The van der Waals surface area contributed by atoms with Gasteiger partial charge in [-0.15, -0.1) is 0 Å². The van der Waals surface area contributed by atoms with Crippen LogP contribution in [0.3, 0.4) is 0 Å². The fraction of sp³-hybridized carbons (Fsp3) is 0.136. The summed E-state index contributed by atoms with van der Waals surface area (Å²) in [4.78, 5) is 4.67. The number of rotatable bonds is 3. The number of nitrogens with zero attached hydrogens (tertiary/aromatic N) is 2. The Morgan fingerprint density at radius 1 is 1.07 bits per heavy atom. The molecule has 0 saturated heterocycles. The predicted octanol–water partition coefficient (Wildman–Crippen LogP) is 5.62. The summed E-state index contributed by atoms with van der Waals surface area (Å²) >= 11 is 6.34. The van der Waals surface area contributed by atoms with Crippen molar-refractivity contribution in [2.24, 2.45) is 0 Å². The van der Waals surface area contributed by atoms with E-state index in [0.29, 0.717) is 46.9 Å². The summed E-state index contributed by atoms with van der Waals surface area (Å²) in [5.74, 6) is 1.55. The van der Waals surface area contributed by atoms with E-state index in [-0.39, 0.29) is 5.56 Å². The van der Waals surface area contributed by atoms with E-state index in [1.54, 1.807) is 12.1 Å². The average Bonchev–Trinajstić information content (AvgIpc) is 3.05. The third kappa shape index (κ3) is 3.15. The van der Waals surface area contributed by atoms with E-state index in [4.69, 9.17) is 21.1 Å². The number of ether oxygens (including phenoxy) is 2. The molecule has 7 heteroatoms. The summed E-state index contributed by atoms with van der Waals surface area (Å²) in [7, 11) is 0. The number of fused-ring (bicyclic) bond motifs is 2. The van der Waals surface area contributed by atoms with E-state index in [0.717, 1.165) is 11.3 Å². The van der Waals surface area contributed by atoms with Crippen molar-refractivity contribution in [1.82, 2.24) is 9.38 Å². The van der Waals surface area contributed by atoms with Crippen LogP contribution in [0.5, 0.6) is 11.5 Å². The minimum atomic E-state index is -0.428. The Labute approximate surface area is 171 Å². The molecule has 3 heterocycles. The number of aryl methyl sites for hydroxylation is 1. The molecule has 0 aliphatic carbocycles. The second kappa shape index (κ2) is 6.97. The number of hydrogen-bond acceptors (Lipinski definition) is 4. The van der Waals surface area contributed by atoms with Gasteiger partial charge in [0.1, 0.15) is 36.2 Å². The molecule has 0 fully saturated rings. The molecule has 2 aromatic heterocycles. The van der Waals surface area contributed by atoms with Gasteiger partial charge in [-0.2, -0.15) is 0 Å². The smallest absolute Gasteiger partial charge is 0.163 e. The number of nitrogens with one attached hydrogen (secondary N) is 1.